The van der Waals surface area contributed by atoms with E-state index in [0.717, 1.165) is 23.9 Å². The average Bonchev–Trinajstić information content (AvgIpc) is 2.47. The molecule has 0 bridgehead atoms. The molecule has 2 aromatic rings. The third kappa shape index (κ3) is 2.96. The fourth-order valence-corrected chi connectivity index (χ4v) is 2.70. The Morgan fingerprint density at radius 1 is 0.722 bits per heavy atom. The zero-order valence-electron chi connectivity index (χ0n) is 10.7. The van der Waals surface area contributed by atoms with E-state index >= 15 is 0 Å². The Morgan fingerprint density at radius 3 is 1.39 bits per heavy atom. The first-order valence-corrected chi connectivity index (χ1v) is 7.66. The zero-order valence-corrected chi connectivity index (χ0v) is 14.3. The van der Waals surface area contributed by atoms with Crippen LogP contribution < -0.4 is 9.80 Å². The molecule has 0 aliphatic heterocycles. The van der Waals surface area contributed by atoms with Crippen molar-refractivity contribution in [3.05, 3.63) is 60.7 Å². The number of hydrogen-bond acceptors (Lipinski definition) is 2. The fraction of sp³-hybridized carbons (Fsp3) is 0.133. The minimum absolute atomic E-state index is 0.995. The molecule has 88 valence electrons. The summed E-state index contributed by atoms with van der Waals surface area (Å²) >= 11 is 0.995. The molecule has 0 atom stereocenters. The van der Waals surface area contributed by atoms with Crippen molar-refractivity contribution in [2.45, 2.75) is 0 Å². The topological polar surface area (TPSA) is 6.48 Å². The van der Waals surface area contributed by atoms with Gasteiger partial charge in [-0.05, 0) is 0 Å². The van der Waals surface area contributed by atoms with E-state index in [1.165, 1.54) is 14.9 Å². The third-order valence-electron chi connectivity index (χ3n) is 2.92. The maximum absolute atomic E-state index is 2.25. The number of nitrogens with zero attached hydrogens (tertiary/aromatic N) is 2. The molecule has 0 saturated heterocycles. The van der Waals surface area contributed by atoms with Crippen LogP contribution in [0.15, 0.2) is 60.7 Å². The number of para-hydroxylation sites is 2. The SMILES string of the molecule is CN([C](=[Hf+2])N(C)c1ccccc1)c1ccccc1. The van der Waals surface area contributed by atoms with E-state index < -0.39 is 0 Å². The van der Waals surface area contributed by atoms with Crippen LogP contribution in [-0.4, -0.2) is 17.6 Å². The summed E-state index contributed by atoms with van der Waals surface area (Å²) in [5.74, 6) is 0. The molecule has 2 rings (SSSR count). The first-order chi connectivity index (χ1) is 8.70. The van der Waals surface area contributed by atoms with Crippen LogP contribution in [0.25, 0.3) is 0 Å². The second-order valence-corrected chi connectivity index (χ2v) is 5.72. The molecule has 0 aliphatic rings. The van der Waals surface area contributed by atoms with Gasteiger partial charge in [0.15, 0.2) is 0 Å². The van der Waals surface area contributed by atoms with Crippen molar-refractivity contribution < 1.29 is 23.9 Å². The standard InChI is InChI=1S/C15H16N2.Hf/c1-16(14-9-5-3-6-10-14)13-17(2)15-11-7-4-8-12-15;/h3-12H,1-2H3;/q;+2. The summed E-state index contributed by atoms with van der Waals surface area (Å²) in [6.45, 7) is 0. The van der Waals surface area contributed by atoms with Crippen molar-refractivity contribution in [2.24, 2.45) is 0 Å². The van der Waals surface area contributed by atoms with Crippen LogP contribution in [0.5, 0.6) is 0 Å². The Morgan fingerprint density at radius 2 is 1.06 bits per heavy atom. The van der Waals surface area contributed by atoms with Crippen LogP contribution in [0.4, 0.5) is 11.4 Å². The first-order valence-electron chi connectivity index (χ1n) is 5.86. The Labute approximate surface area is 123 Å². The summed E-state index contributed by atoms with van der Waals surface area (Å²) in [6.07, 6.45) is 0. The Balaban J connectivity index is 2.17. The van der Waals surface area contributed by atoms with Gasteiger partial charge in [-0.1, -0.05) is 0 Å². The average molecular weight is 403 g/mol. The normalized spacial score (nSPS) is 10.0. The van der Waals surface area contributed by atoms with E-state index in [1.54, 1.807) is 0 Å². The molecule has 0 radical (unpaired) electrons. The van der Waals surface area contributed by atoms with Gasteiger partial charge in [0.1, 0.15) is 0 Å². The molecular weight excluding hydrogens is 387 g/mol. The van der Waals surface area contributed by atoms with Crippen LogP contribution in [0, 0.1) is 0 Å². The van der Waals surface area contributed by atoms with Crippen LogP contribution in [0.2, 0.25) is 0 Å². The van der Waals surface area contributed by atoms with Gasteiger partial charge in [0.05, 0.1) is 0 Å². The van der Waals surface area contributed by atoms with Crippen LogP contribution >= 0.6 is 0 Å². The molecular formula is C15H16HfN2+2. The van der Waals surface area contributed by atoms with Gasteiger partial charge in [-0.2, -0.15) is 0 Å². The summed E-state index contributed by atoms with van der Waals surface area (Å²) in [5, 5.41) is 0. The maximum atomic E-state index is 2.25. The molecule has 0 aliphatic carbocycles. The van der Waals surface area contributed by atoms with Gasteiger partial charge in [-0.3, -0.25) is 0 Å². The Hall–Kier alpha value is -1.22. The monoisotopic (exact) mass is 404 g/mol. The van der Waals surface area contributed by atoms with E-state index in [4.69, 9.17) is 0 Å². The van der Waals surface area contributed by atoms with E-state index in [2.05, 4.69) is 72.4 Å². The molecule has 0 amide bonds. The number of benzene rings is 2. The van der Waals surface area contributed by atoms with Crippen LogP contribution in [-0.2, 0) is 23.9 Å². The van der Waals surface area contributed by atoms with Crippen LogP contribution in [0.3, 0.4) is 0 Å². The molecule has 2 nitrogen and oxygen atoms in total. The Kier molecular flexibility index (Phi) is 4.48. The fourth-order valence-electron chi connectivity index (χ4n) is 1.77. The Bertz CT molecular complexity index is 463. The molecule has 0 spiro atoms. The van der Waals surface area contributed by atoms with Gasteiger partial charge in [-0.15, -0.1) is 0 Å². The van der Waals surface area contributed by atoms with Gasteiger partial charge in [-0.25, -0.2) is 0 Å². The molecule has 0 N–H and O–H groups in total. The number of anilines is 2. The molecule has 0 unspecified atom stereocenters. The minimum atomic E-state index is 0.995. The summed E-state index contributed by atoms with van der Waals surface area (Å²) < 4.78 is 1.33. The van der Waals surface area contributed by atoms with E-state index in [9.17, 15) is 0 Å². The summed E-state index contributed by atoms with van der Waals surface area (Å²) in [6, 6.07) is 20.9. The molecule has 0 fully saturated rings. The zero-order chi connectivity index (χ0) is 13.0. The van der Waals surface area contributed by atoms with Gasteiger partial charge < -0.3 is 0 Å². The molecule has 18 heavy (non-hydrogen) atoms. The van der Waals surface area contributed by atoms with Gasteiger partial charge in [0.2, 0.25) is 0 Å². The van der Waals surface area contributed by atoms with Crippen molar-refractivity contribution in [3.63, 3.8) is 0 Å². The van der Waals surface area contributed by atoms with Crippen molar-refractivity contribution >= 4 is 14.9 Å². The number of rotatable bonds is 4. The molecule has 2 aromatic carbocycles. The van der Waals surface area contributed by atoms with Gasteiger partial charge in [0.25, 0.3) is 0 Å². The molecule has 0 saturated carbocycles. The predicted octanol–water partition coefficient (Wildman–Crippen LogP) is 2.89. The molecule has 0 aromatic heterocycles. The van der Waals surface area contributed by atoms with Crippen molar-refractivity contribution in [1.82, 2.24) is 0 Å². The van der Waals surface area contributed by atoms with Crippen LogP contribution in [0.1, 0.15) is 0 Å². The summed E-state index contributed by atoms with van der Waals surface area (Å²) in [5.41, 5.74) is 2.45. The van der Waals surface area contributed by atoms with Gasteiger partial charge >= 0.3 is 123 Å². The molecule has 0 heterocycles. The predicted molar refractivity (Wildman–Crippen MR) is 74.7 cm³/mol. The van der Waals surface area contributed by atoms with Crippen molar-refractivity contribution in [2.75, 3.05) is 23.9 Å². The first kappa shape index (κ1) is 13.2. The van der Waals surface area contributed by atoms with Gasteiger partial charge in [0, 0.05) is 0 Å². The summed E-state index contributed by atoms with van der Waals surface area (Å²) in [7, 11) is 4.24. The molecule has 3 heteroatoms. The van der Waals surface area contributed by atoms with Crippen molar-refractivity contribution in [3.8, 4) is 0 Å². The summed E-state index contributed by atoms with van der Waals surface area (Å²) in [4.78, 5) is 4.50. The van der Waals surface area contributed by atoms with Crippen molar-refractivity contribution in [1.29, 1.82) is 0 Å². The second-order valence-electron chi connectivity index (χ2n) is 4.11. The second kappa shape index (κ2) is 6.10. The third-order valence-corrected chi connectivity index (χ3v) is 5.33. The van der Waals surface area contributed by atoms with E-state index in [1.807, 2.05) is 12.1 Å². The van der Waals surface area contributed by atoms with E-state index in [0.29, 0.717) is 0 Å². The number of hydrogen-bond donors (Lipinski definition) is 0. The van der Waals surface area contributed by atoms with E-state index in [-0.39, 0.29) is 0 Å². The quantitative estimate of drug-likeness (QED) is 0.726.